The van der Waals surface area contributed by atoms with Crippen LogP contribution < -0.4 is 9.61 Å². The van der Waals surface area contributed by atoms with Gasteiger partial charge in [0.15, 0.2) is 0 Å². The summed E-state index contributed by atoms with van der Waals surface area (Å²) in [6, 6.07) is 21.3. The first-order chi connectivity index (χ1) is 12.9. The van der Waals surface area contributed by atoms with Crippen LogP contribution >= 0.6 is 18.1 Å². The Morgan fingerprint density at radius 3 is 2.48 bits per heavy atom. The summed E-state index contributed by atoms with van der Waals surface area (Å²) in [6.07, 6.45) is 0. The van der Waals surface area contributed by atoms with Crippen LogP contribution in [0.5, 0.6) is 5.75 Å². The van der Waals surface area contributed by atoms with Gasteiger partial charge >= 0.3 is 12.8 Å². The molecule has 0 aliphatic heterocycles. The second-order valence-corrected chi connectivity index (χ2v) is 8.73. The molecule has 0 aliphatic carbocycles. The van der Waals surface area contributed by atoms with Crippen molar-refractivity contribution in [2.75, 3.05) is 0 Å². The SMILES string of the molecule is C[C@@H](NP(=O)(Cl)Oc1cccc2ccccc12)C(=O)OCc1ccccc1. The van der Waals surface area contributed by atoms with Crippen LogP contribution in [0, 0.1) is 0 Å². The van der Waals surface area contributed by atoms with E-state index in [2.05, 4.69) is 5.09 Å². The minimum absolute atomic E-state index is 0.127. The number of esters is 1. The highest BCUT2D eigenvalue weighted by Crippen LogP contribution is 2.50. The molecule has 1 unspecified atom stereocenters. The fourth-order valence-electron chi connectivity index (χ4n) is 2.57. The quantitative estimate of drug-likeness (QED) is 0.429. The lowest BCUT2D eigenvalue weighted by molar-refractivity contribution is -0.146. The van der Waals surface area contributed by atoms with Crippen LogP contribution in [0.25, 0.3) is 10.8 Å². The van der Waals surface area contributed by atoms with Crippen molar-refractivity contribution in [3.63, 3.8) is 0 Å². The molecular formula is C20H19ClNO4P. The fourth-order valence-corrected chi connectivity index (χ4v) is 4.26. The topological polar surface area (TPSA) is 64.6 Å². The van der Waals surface area contributed by atoms with Crippen molar-refractivity contribution >= 4 is 34.9 Å². The van der Waals surface area contributed by atoms with Crippen LogP contribution in [0.15, 0.2) is 72.8 Å². The van der Waals surface area contributed by atoms with E-state index in [1.54, 1.807) is 12.1 Å². The third-order valence-electron chi connectivity index (χ3n) is 3.89. The predicted molar refractivity (Wildman–Crippen MR) is 107 cm³/mol. The number of rotatable bonds is 7. The zero-order chi connectivity index (χ0) is 19.3. The molecular weight excluding hydrogens is 385 g/mol. The molecule has 1 N–H and O–H groups in total. The zero-order valence-corrected chi connectivity index (χ0v) is 16.3. The molecule has 27 heavy (non-hydrogen) atoms. The van der Waals surface area contributed by atoms with Gasteiger partial charge in [-0.25, -0.2) is 9.65 Å². The number of ether oxygens (including phenoxy) is 1. The van der Waals surface area contributed by atoms with Crippen LogP contribution in [0.2, 0.25) is 0 Å². The van der Waals surface area contributed by atoms with Crippen LogP contribution in [0.1, 0.15) is 12.5 Å². The van der Waals surface area contributed by atoms with E-state index in [-0.39, 0.29) is 6.61 Å². The molecule has 0 fully saturated rings. The molecule has 3 aromatic carbocycles. The highest BCUT2D eigenvalue weighted by atomic mass is 35.7. The summed E-state index contributed by atoms with van der Waals surface area (Å²) >= 11 is 6.04. The summed E-state index contributed by atoms with van der Waals surface area (Å²) in [5, 5.41) is 4.24. The molecule has 5 nitrogen and oxygen atoms in total. The average molecular weight is 404 g/mol. The zero-order valence-electron chi connectivity index (χ0n) is 14.7. The summed E-state index contributed by atoms with van der Waals surface area (Å²) in [5.41, 5.74) is 0.860. The molecule has 0 aliphatic rings. The lowest BCUT2D eigenvalue weighted by Crippen LogP contribution is -2.33. The number of nitrogens with one attached hydrogen (secondary N) is 1. The molecule has 2 atom stereocenters. The number of benzene rings is 3. The monoisotopic (exact) mass is 403 g/mol. The van der Waals surface area contributed by atoms with E-state index in [1.807, 2.05) is 60.7 Å². The van der Waals surface area contributed by atoms with E-state index in [9.17, 15) is 9.36 Å². The first-order valence-corrected chi connectivity index (χ1v) is 10.9. The standard InChI is InChI=1S/C20H19ClNO4P/c1-15(20(23)25-14-16-8-3-2-4-9-16)22-27(21,24)26-19-13-7-11-17-10-5-6-12-18(17)19/h2-13,15H,14H2,1H3,(H,22,24)/t15-,27?/m1/s1. The van der Waals surface area contributed by atoms with E-state index in [0.29, 0.717) is 5.75 Å². The van der Waals surface area contributed by atoms with Gasteiger partial charge < -0.3 is 9.26 Å². The molecule has 0 heterocycles. The smallest absolute Gasteiger partial charge is 0.409 e. The molecule has 3 rings (SSSR count). The first kappa shape index (κ1) is 19.4. The number of halogens is 1. The molecule has 0 aromatic heterocycles. The lowest BCUT2D eigenvalue weighted by atomic mass is 10.1. The van der Waals surface area contributed by atoms with Crippen molar-refractivity contribution in [1.82, 2.24) is 5.09 Å². The molecule has 0 saturated carbocycles. The van der Waals surface area contributed by atoms with Crippen LogP contribution in [0.3, 0.4) is 0 Å². The first-order valence-electron chi connectivity index (χ1n) is 8.40. The second-order valence-electron chi connectivity index (χ2n) is 5.99. The van der Waals surface area contributed by atoms with E-state index < -0.39 is 18.9 Å². The van der Waals surface area contributed by atoms with Gasteiger partial charge in [-0.15, -0.1) is 0 Å². The Kier molecular flexibility index (Phi) is 6.17. The number of carbonyl (C=O) groups is 1. The van der Waals surface area contributed by atoms with Crippen molar-refractivity contribution in [2.45, 2.75) is 19.6 Å². The van der Waals surface area contributed by atoms with Gasteiger partial charge in [-0.2, -0.15) is 0 Å². The van der Waals surface area contributed by atoms with Gasteiger partial charge in [0.2, 0.25) is 0 Å². The minimum atomic E-state index is -3.80. The summed E-state index contributed by atoms with van der Waals surface area (Å²) in [7, 11) is 0. The van der Waals surface area contributed by atoms with Gasteiger partial charge in [-0.05, 0) is 23.9 Å². The Balaban J connectivity index is 1.63. The maximum absolute atomic E-state index is 12.6. The maximum Gasteiger partial charge on any atom is 0.409 e. The molecule has 0 bridgehead atoms. The second kappa shape index (κ2) is 8.57. The summed E-state index contributed by atoms with van der Waals surface area (Å²) < 4.78 is 23.4. The third-order valence-corrected chi connectivity index (χ3v) is 5.52. The van der Waals surface area contributed by atoms with Crippen molar-refractivity contribution in [3.05, 3.63) is 78.4 Å². The Hall–Kier alpha value is -2.33. The Bertz CT molecular complexity index is 975. The highest BCUT2D eigenvalue weighted by molar-refractivity contribution is 7.84. The van der Waals surface area contributed by atoms with Crippen molar-refractivity contribution in [2.24, 2.45) is 0 Å². The van der Waals surface area contributed by atoms with E-state index in [4.69, 9.17) is 20.5 Å². The van der Waals surface area contributed by atoms with Crippen LogP contribution in [-0.2, 0) is 20.7 Å². The van der Waals surface area contributed by atoms with Gasteiger partial charge in [0, 0.05) is 16.6 Å². The molecule has 0 amide bonds. The molecule has 3 aromatic rings. The number of hydrogen-bond donors (Lipinski definition) is 1. The summed E-state index contributed by atoms with van der Waals surface area (Å²) in [4.78, 5) is 12.1. The molecule has 0 spiro atoms. The average Bonchev–Trinajstić information content (AvgIpc) is 2.66. The molecule has 0 radical (unpaired) electrons. The van der Waals surface area contributed by atoms with Gasteiger partial charge in [0.1, 0.15) is 18.4 Å². The van der Waals surface area contributed by atoms with Gasteiger partial charge in [0.25, 0.3) is 0 Å². The summed E-state index contributed by atoms with van der Waals surface area (Å²) in [6.45, 7) is -2.15. The van der Waals surface area contributed by atoms with E-state index in [1.165, 1.54) is 6.92 Å². The van der Waals surface area contributed by atoms with Crippen molar-refractivity contribution in [1.29, 1.82) is 0 Å². The predicted octanol–water partition coefficient (Wildman–Crippen LogP) is 5.29. The number of hydrogen-bond acceptors (Lipinski definition) is 4. The summed E-state index contributed by atoms with van der Waals surface area (Å²) in [5.74, 6) is -0.190. The van der Waals surface area contributed by atoms with E-state index >= 15 is 0 Å². The van der Waals surface area contributed by atoms with Crippen molar-refractivity contribution < 1.29 is 18.6 Å². The molecule has 140 valence electrons. The Morgan fingerprint density at radius 1 is 1.04 bits per heavy atom. The third kappa shape index (κ3) is 5.33. The van der Waals surface area contributed by atoms with E-state index in [0.717, 1.165) is 16.3 Å². The van der Waals surface area contributed by atoms with Crippen LogP contribution in [0.4, 0.5) is 0 Å². The number of carbonyl (C=O) groups excluding carboxylic acids is 1. The van der Waals surface area contributed by atoms with Gasteiger partial charge in [-0.3, -0.25) is 4.79 Å². The fraction of sp³-hybridized carbons (Fsp3) is 0.150. The van der Waals surface area contributed by atoms with Gasteiger partial charge in [-0.1, -0.05) is 66.7 Å². The Labute approximate surface area is 162 Å². The maximum atomic E-state index is 12.6. The molecule has 0 saturated heterocycles. The normalized spacial score (nSPS) is 14.3. The largest absolute Gasteiger partial charge is 0.460 e. The highest BCUT2D eigenvalue weighted by Gasteiger charge is 2.28. The minimum Gasteiger partial charge on any atom is -0.460 e. The van der Waals surface area contributed by atoms with Gasteiger partial charge in [0.05, 0.1) is 0 Å². The Morgan fingerprint density at radius 2 is 1.70 bits per heavy atom. The number of fused-ring (bicyclic) bond motifs is 1. The lowest BCUT2D eigenvalue weighted by Gasteiger charge is -2.19. The molecule has 7 heteroatoms. The van der Waals surface area contributed by atoms with Crippen LogP contribution in [-0.4, -0.2) is 12.0 Å². The van der Waals surface area contributed by atoms with Crippen molar-refractivity contribution in [3.8, 4) is 5.75 Å².